The van der Waals surface area contributed by atoms with Gasteiger partial charge >= 0.3 is 6.03 Å². The first kappa shape index (κ1) is 14.3. The molecule has 0 saturated carbocycles. The molecule has 0 unspecified atom stereocenters. The summed E-state index contributed by atoms with van der Waals surface area (Å²) < 4.78 is 0. The predicted molar refractivity (Wildman–Crippen MR) is 76.5 cm³/mol. The number of anilines is 1. The van der Waals surface area contributed by atoms with Gasteiger partial charge < -0.3 is 10.6 Å². The van der Waals surface area contributed by atoms with E-state index >= 15 is 0 Å². The highest BCUT2D eigenvalue weighted by molar-refractivity contribution is 5.89. The third kappa shape index (κ3) is 4.62. The van der Waals surface area contributed by atoms with Crippen molar-refractivity contribution in [3.8, 4) is 0 Å². The zero-order valence-corrected chi connectivity index (χ0v) is 11.8. The fraction of sp³-hybridized carbons (Fsp3) is 0.400. The summed E-state index contributed by atoms with van der Waals surface area (Å²) in [6, 6.07) is 7.48. The van der Waals surface area contributed by atoms with Gasteiger partial charge in [0.15, 0.2) is 0 Å². The molecule has 0 saturated heterocycles. The second kappa shape index (κ2) is 5.71. The van der Waals surface area contributed by atoms with E-state index in [1.165, 1.54) is 5.56 Å². The molecule has 0 atom stereocenters. The van der Waals surface area contributed by atoms with Gasteiger partial charge in [0.05, 0.1) is 0 Å². The molecule has 2 amide bonds. The maximum atomic E-state index is 11.7. The number of aryl methyl sites for hydroxylation is 1. The van der Waals surface area contributed by atoms with E-state index < -0.39 is 0 Å². The lowest BCUT2D eigenvalue weighted by Gasteiger charge is -2.19. The van der Waals surface area contributed by atoms with E-state index in [0.29, 0.717) is 0 Å². The van der Waals surface area contributed by atoms with Gasteiger partial charge in [-0.3, -0.25) is 0 Å². The van der Waals surface area contributed by atoms with Crippen LogP contribution in [0.1, 0.15) is 33.3 Å². The van der Waals surface area contributed by atoms with Crippen LogP contribution in [0.25, 0.3) is 0 Å². The van der Waals surface area contributed by atoms with Gasteiger partial charge in [0.2, 0.25) is 0 Å². The number of carbonyl (C=O) groups excluding carboxylic acids is 1. The molecule has 3 heteroatoms. The van der Waals surface area contributed by atoms with Crippen molar-refractivity contribution in [2.75, 3.05) is 5.32 Å². The van der Waals surface area contributed by atoms with Crippen molar-refractivity contribution >= 4 is 11.7 Å². The van der Waals surface area contributed by atoms with Crippen molar-refractivity contribution in [3.63, 3.8) is 0 Å². The number of urea groups is 1. The zero-order chi connectivity index (χ0) is 13.8. The average molecular weight is 246 g/mol. The molecular weight excluding hydrogens is 224 g/mol. The Morgan fingerprint density at radius 3 is 2.22 bits per heavy atom. The van der Waals surface area contributed by atoms with Crippen LogP contribution < -0.4 is 10.6 Å². The summed E-state index contributed by atoms with van der Waals surface area (Å²) in [5.74, 6) is 0. The van der Waals surface area contributed by atoms with Crippen LogP contribution >= 0.6 is 0 Å². The van der Waals surface area contributed by atoms with E-state index in [-0.39, 0.29) is 11.4 Å². The van der Waals surface area contributed by atoms with Crippen LogP contribution in [0, 0.1) is 12.3 Å². The van der Waals surface area contributed by atoms with Crippen LogP contribution in [0.3, 0.4) is 0 Å². The molecule has 0 aliphatic heterocycles. The second-order valence-corrected chi connectivity index (χ2v) is 5.54. The third-order valence-corrected chi connectivity index (χ3v) is 2.91. The van der Waals surface area contributed by atoms with Gasteiger partial charge in [-0.2, -0.15) is 0 Å². The maximum Gasteiger partial charge on any atom is 0.323 e. The highest BCUT2D eigenvalue weighted by Gasteiger charge is 2.12. The first-order valence-electron chi connectivity index (χ1n) is 6.10. The number of hydrogen-bond donors (Lipinski definition) is 2. The molecule has 18 heavy (non-hydrogen) atoms. The van der Waals surface area contributed by atoms with E-state index in [4.69, 9.17) is 0 Å². The summed E-state index contributed by atoms with van der Waals surface area (Å²) in [5.41, 5.74) is 3.16. The summed E-state index contributed by atoms with van der Waals surface area (Å²) in [6.07, 6.45) is 1.75. The van der Waals surface area contributed by atoms with Gasteiger partial charge in [0.1, 0.15) is 0 Å². The lowest BCUT2D eigenvalue weighted by molar-refractivity contribution is 0.255. The third-order valence-electron chi connectivity index (χ3n) is 2.91. The number of hydrogen-bond acceptors (Lipinski definition) is 1. The smallest absolute Gasteiger partial charge is 0.314 e. The normalized spacial score (nSPS) is 12.2. The Morgan fingerprint density at radius 2 is 1.72 bits per heavy atom. The number of benzene rings is 1. The van der Waals surface area contributed by atoms with E-state index in [0.717, 1.165) is 11.3 Å². The van der Waals surface area contributed by atoms with Gasteiger partial charge in [-0.1, -0.05) is 44.0 Å². The van der Waals surface area contributed by atoms with Crippen LogP contribution in [-0.4, -0.2) is 6.03 Å². The minimum atomic E-state index is -0.220. The average Bonchev–Trinajstić information content (AvgIpc) is 2.28. The highest BCUT2D eigenvalue weighted by Crippen LogP contribution is 2.23. The quantitative estimate of drug-likeness (QED) is 0.811. The molecule has 2 N–H and O–H groups in total. The zero-order valence-electron chi connectivity index (χ0n) is 11.8. The Morgan fingerprint density at radius 1 is 1.17 bits per heavy atom. The number of rotatable bonds is 2. The molecule has 0 bridgehead atoms. The SMILES string of the molecule is C/C(=C\NC(=O)Nc1ccc(C)cc1)C(C)(C)C. The molecule has 3 nitrogen and oxygen atoms in total. The first-order valence-corrected chi connectivity index (χ1v) is 6.10. The van der Waals surface area contributed by atoms with E-state index in [1.54, 1.807) is 6.20 Å². The van der Waals surface area contributed by atoms with Crippen molar-refractivity contribution in [2.24, 2.45) is 5.41 Å². The summed E-state index contributed by atoms with van der Waals surface area (Å²) in [6.45, 7) is 10.3. The topological polar surface area (TPSA) is 41.1 Å². The molecule has 1 aromatic rings. The van der Waals surface area contributed by atoms with Crippen LogP contribution in [0.4, 0.5) is 10.5 Å². The van der Waals surface area contributed by atoms with Crippen molar-refractivity contribution < 1.29 is 4.79 Å². The molecule has 1 rings (SSSR count). The van der Waals surface area contributed by atoms with Gasteiger partial charge in [-0.25, -0.2) is 4.79 Å². The van der Waals surface area contributed by atoms with Crippen LogP contribution in [0.15, 0.2) is 36.0 Å². The van der Waals surface area contributed by atoms with E-state index in [2.05, 4.69) is 31.4 Å². The molecule has 0 heterocycles. The Hall–Kier alpha value is -1.77. The maximum absolute atomic E-state index is 11.7. The van der Waals surface area contributed by atoms with Gasteiger partial charge in [-0.05, 0) is 31.4 Å². The number of allylic oxidation sites excluding steroid dienone is 1. The molecule has 0 aromatic heterocycles. The first-order chi connectivity index (χ1) is 8.29. The Bertz CT molecular complexity index is 439. The number of amides is 2. The molecular formula is C15H22N2O. The fourth-order valence-electron chi connectivity index (χ4n) is 1.19. The van der Waals surface area contributed by atoms with Crippen LogP contribution in [-0.2, 0) is 0 Å². The molecule has 0 aliphatic carbocycles. The summed E-state index contributed by atoms with van der Waals surface area (Å²) in [7, 11) is 0. The predicted octanol–water partition coefficient (Wildman–Crippen LogP) is 4.07. The number of nitrogens with one attached hydrogen (secondary N) is 2. The second-order valence-electron chi connectivity index (χ2n) is 5.54. The molecule has 0 radical (unpaired) electrons. The lowest BCUT2D eigenvalue weighted by Crippen LogP contribution is -2.25. The van der Waals surface area contributed by atoms with Crippen molar-refractivity contribution in [1.82, 2.24) is 5.32 Å². The van der Waals surface area contributed by atoms with Crippen LogP contribution in [0.5, 0.6) is 0 Å². The minimum absolute atomic E-state index is 0.0666. The minimum Gasteiger partial charge on any atom is -0.314 e. The molecule has 0 fully saturated rings. The fourth-order valence-corrected chi connectivity index (χ4v) is 1.19. The molecule has 0 aliphatic rings. The van der Waals surface area contributed by atoms with E-state index in [1.807, 2.05) is 38.1 Å². The van der Waals surface area contributed by atoms with Crippen molar-refractivity contribution in [2.45, 2.75) is 34.6 Å². The standard InChI is InChI=1S/C15H22N2O/c1-11-6-8-13(9-7-11)17-14(18)16-10-12(2)15(3,4)5/h6-10H,1-5H3,(H2,16,17,18)/b12-10+. The lowest BCUT2D eigenvalue weighted by atomic mass is 9.88. The van der Waals surface area contributed by atoms with E-state index in [9.17, 15) is 4.79 Å². The van der Waals surface area contributed by atoms with Crippen LogP contribution in [0.2, 0.25) is 0 Å². The monoisotopic (exact) mass is 246 g/mol. The Labute approximate surface area is 109 Å². The molecule has 0 spiro atoms. The Kier molecular flexibility index (Phi) is 4.54. The van der Waals surface area contributed by atoms with Crippen molar-refractivity contribution in [1.29, 1.82) is 0 Å². The summed E-state index contributed by atoms with van der Waals surface area (Å²) in [4.78, 5) is 11.7. The largest absolute Gasteiger partial charge is 0.323 e. The number of carbonyl (C=O) groups is 1. The summed E-state index contributed by atoms with van der Waals surface area (Å²) >= 11 is 0. The Balaban J connectivity index is 2.55. The van der Waals surface area contributed by atoms with Gasteiger partial charge in [0, 0.05) is 11.9 Å². The highest BCUT2D eigenvalue weighted by atomic mass is 16.2. The molecule has 1 aromatic carbocycles. The molecule has 98 valence electrons. The summed E-state index contributed by atoms with van der Waals surface area (Å²) in [5, 5.41) is 5.52. The van der Waals surface area contributed by atoms with Gasteiger partial charge in [0.25, 0.3) is 0 Å². The van der Waals surface area contributed by atoms with Gasteiger partial charge in [-0.15, -0.1) is 0 Å². The van der Waals surface area contributed by atoms with Crippen molar-refractivity contribution in [3.05, 3.63) is 41.6 Å².